The van der Waals surface area contributed by atoms with Crippen molar-refractivity contribution in [3.63, 3.8) is 0 Å². The lowest BCUT2D eigenvalue weighted by Gasteiger charge is -2.08. The Hall–Kier alpha value is -2.58. The van der Waals surface area contributed by atoms with Gasteiger partial charge in [-0.25, -0.2) is 4.39 Å². The van der Waals surface area contributed by atoms with Crippen LogP contribution in [-0.4, -0.2) is 49.0 Å². The summed E-state index contributed by atoms with van der Waals surface area (Å²) in [6, 6.07) is 7.90. The predicted molar refractivity (Wildman–Crippen MR) is 86.9 cm³/mol. The van der Waals surface area contributed by atoms with Gasteiger partial charge in [0, 0.05) is 32.8 Å². The molecule has 24 heavy (non-hydrogen) atoms. The molecule has 2 N–H and O–H groups in total. The van der Waals surface area contributed by atoms with E-state index in [4.69, 9.17) is 4.74 Å². The van der Waals surface area contributed by atoms with Crippen molar-refractivity contribution < 1.29 is 13.9 Å². The Morgan fingerprint density at radius 3 is 2.62 bits per heavy atom. The van der Waals surface area contributed by atoms with Gasteiger partial charge in [0.05, 0.1) is 12.3 Å². The van der Waals surface area contributed by atoms with E-state index in [0.29, 0.717) is 31.9 Å². The topological polar surface area (TPSA) is 85.3 Å². The first-order valence-corrected chi connectivity index (χ1v) is 7.46. The minimum atomic E-state index is -0.415. The number of carbonyl (C=O) groups is 1. The third kappa shape index (κ3) is 4.97. The molecule has 0 bridgehead atoms. The fourth-order valence-electron chi connectivity index (χ4n) is 1.95. The quantitative estimate of drug-likeness (QED) is 0.680. The molecule has 0 saturated heterocycles. The number of nitrogens with zero attached hydrogens (tertiary/aromatic N) is 2. The summed E-state index contributed by atoms with van der Waals surface area (Å²) in [6.07, 6.45) is 0. The Bertz CT molecular complexity index is 731. The van der Waals surface area contributed by atoms with Crippen molar-refractivity contribution in [1.82, 2.24) is 20.4 Å². The lowest BCUT2D eigenvalue weighted by atomic mass is 10.3. The highest BCUT2D eigenvalue weighted by Crippen LogP contribution is 2.05. The van der Waals surface area contributed by atoms with Gasteiger partial charge < -0.3 is 15.4 Å². The van der Waals surface area contributed by atoms with Gasteiger partial charge in [0.15, 0.2) is 0 Å². The number of hydrogen-bond acceptors (Lipinski definition) is 5. The van der Waals surface area contributed by atoms with Crippen LogP contribution >= 0.6 is 0 Å². The third-order valence-electron chi connectivity index (χ3n) is 3.17. The van der Waals surface area contributed by atoms with Crippen molar-refractivity contribution >= 4 is 5.91 Å². The van der Waals surface area contributed by atoms with Crippen LogP contribution in [0.4, 0.5) is 4.39 Å². The predicted octanol–water partition coefficient (Wildman–Crippen LogP) is 0.337. The monoisotopic (exact) mass is 334 g/mol. The molecule has 1 amide bonds. The summed E-state index contributed by atoms with van der Waals surface area (Å²) < 4.78 is 18.9. The first kappa shape index (κ1) is 17.8. The van der Waals surface area contributed by atoms with Gasteiger partial charge in [-0.2, -0.15) is 9.78 Å². The number of methoxy groups -OCH3 is 1. The maximum Gasteiger partial charge on any atom is 0.271 e. The van der Waals surface area contributed by atoms with Crippen LogP contribution in [0.3, 0.4) is 0 Å². The summed E-state index contributed by atoms with van der Waals surface area (Å²) in [7, 11) is 1.62. The third-order valence-corrected chi connectivity index (χ3v) is 3.17. The smallest absolute Gasteiger partial charge is 0.271 e. The zero-order valence-corrected chi connectivity index (χ0v) is 13.3. The van der Waals surface area contributed by atoms with Crippen molar-refractivity contribution in [3.05, 3.63) is 58.3 Å². The van der Waals surface area contributed by atoms with Crippen LogP contribution in [0.25, 0.3) is 5.69 Å². The van der Waals surface area contributed by atoms with E-state index in [0.717, 1.165) is 4.68 Å². The number of hydrogen-bond donors (Lipinski definition) is 2. The number of halogens is 1. The zero-order valence-electron chi connectivity index (χ0n) is 13.3. The lowest BCUT2D eigenvalue weighted by Crippen LogP contribution is -2.34. The van der Waals surface area contributed by atoms with E-state index >= 15 is 0 Å². The molecule has 0 atom stereocenters. The van der Waals surface area contributed by atoms with Gasteiger partial charge in [-0.1, -0.05) is 0 Å². The van der Waals surface area contributed by atoms with Crippen molar-refractivity contribution in [1.29, 1.82) is 0 Å². The Balaban J connectivity index is 2.01. The van der Waals surface area contributed by atoms with E-state index in [2.05, 4.69) is 15.7 Å². The van der Waals surface area contributed by atoms with Crippen molar-refractivity contribution in [2.45, 2.75) is 0 Å². The highest BCUT2D eigenvalue weighted by atomic mass is 19.1. The van der Waals surface area contributed by atoms with E-state index in [1.54, 1.807) is 7.11 Å². The first-order chi connectivity index (χ1) is 11.6. The molecule has 2 aromatic rings. The number of nitrogens with one attached hydrogen (secondary N) is 2. The molecule has 8 heteroatoms. The number of aromatic nitrogens is 2. The molecule has 1 aromatic carbocycles. The minimum Gasteiger partial charge on any atom is -0.383 e. The van der Waals surface area contributed by atoms with Crippen LogP contribution in [0.2, 0.25) is 0 Å². The van der Waals surface area contributed by atoms with Crippen LogP contribution in [-0.2, 0) is 4.74 Å². The largest absolute Gasteiger partial charge is 0.383 e. The molecule has 0 saturated carbocycles. The van der Waals surface area contributed by atoms with Gasteiger partial charge in [-0.3, -0.25) is 9.59 Å². The lowest BCUT2D eigenvalue weighted by molar-refractivity contribution is 0.0947. The molecule has 1 aromatic heterocycles. The first-order valence-electron chi connectivity index (χ1n) is 7.46. The van der Waals surface area contributed by atoms with Gasteiger partial charge in [0.2, 0.25) is 0 Å². The van der Waals surface area contributed by atoms with Gasteiger partial charge in [-0.15, -0.1) is 0 Å². The zero-order chi connectivity index (χ0) is 17.4. The molecule has 0 spiro atoms. The highest BCUT2D eigenvalue weighted by molar-refractivity contribution is 5.92. The molecule has 0 aliphatic rings. The molecule has 0 radical (unpaired) electrons. The Morgan fingerprint density at radius 1 is 1.17 bits per heavy atom. The van der Waals surface area contributed by atoms with Gasteiger partial charge in [0.1, 0.15) is 11.5 Å². The molecule has 0 aliphatic heterocycles. The van der Waals surface area contributed by atoms with E-state index in [1.807, 2.05) is 0 Å². The molecular weight excluding hydrogens is 315 g/mol. The molecule has 2 rings (SSSR count). The van der Waals surface area contributed by atoms with Gasteiger partial charge in [0.25, 0.3) is 11.5 Å². The second-order valence-corrected chi connectivity index (χ2v) is 4.94. The number of ether oxygens (including phenoxy) is 1. The standard InChI is InChI=1S/C16H19FN4O3/c1-24-11-10-18-8-9-19-16(23)14-6-7-15(22)21(20-14)13-4-2-12(17)3-5-13/h2-7,18H,8-11H2,1H3,(H,19,23). The maximum absolute atomic E-state index is 13.0. The maximum atomic E-state index is 13.0. The average molecular weight is 334 g/mol. The van der Waals surface area contributed by atoms with E-state index in [-0.39, 0.29) is 11.6 Å². The number of amides is 1. The SMILES string of the molecule is COCCNCCNC(=O)c1ccc(=O)n(-c2ccc(F)cc2)n1. The molecule has 0 fully saturated rings. The van der Waals surface area contributed by atoms with Crippen molar-refractivity contribution in [3.8, 4) is 5.69 Å². The summed E-state index contributed by atoms with van der Waals surface area (Å²) in [6.45, 7) is 2.30. The summed E-state index contributed by atoms with van der Waals surface area (Å²) in [4.78, 5) is 24.0. The van der Waals surface area contributed by atoms with Gasteiger partial charge >= 0.3 is 0 Å². The molecule has 7 nitrogen and oxygen atoms in total. The molecule has 1 heterocycles. The van der Waals surface area contributed by atoms with Crippen LogP contribution in [0.15, 0.2) is 41.2 Å². The fourth-order valence-corrected chi connectivity index (χ4v) is 1.95. The summed E-state index contributed by atoms with van der Waals surface area (Å²) in [5.74, 6) is -0.805. The molecular formula is C16H19FN4O3. The molecule has 128 valence electrons. The van der Waals surface area contributed by atoms with Gasteiger partial charge in [-0.05, 0) is 30.3 Å². The van der Waals surface area contributed by atoms with E-state index < -0.39 is 11.4 Å². The van der Waals surface area contributed by atoms with E-state index in [1.165, 1.54) is 36.4 Å². The number of rotatable bonds is 8. The summed E-state index contributed by atoms with van der Waals surface area (Å²) in [5.41, 5.74) is 0.0903. The second kappa shape index (κ2) is 8.90. The normalized spacial score (nSPS) is 10.6. The van der Waals surface area contributed by atoms with E-state index in [9.17, 15) is 14.0 Å². The fraction of sp³-hybridized carbons (Fsp3) is 0.312. The Morgan fingerprint density at radius 2 is 1.92 bits per heavy atom. The summed E-state index contributed by atoms with van der Waals surface area (Å²) >= 11 is 0. The minimum absolute atomic E-state index is 0.107. The Labute approximate surface area is 138 Å². The highest BCUT2D eigenvalue weighted by Gasteiger charge is 2.10. The molecule has 0 unspecified atom stereocenters. The molecule has 0 aliphatic carbocycles. The van der Waals surface area contributed by atoms with Crippen molar-refractivity contribution in [2.24, 2.45) is 0 Å². The van der Waals surface area contributed by atoms with Crippen molar-refractivity contribution in [2.75, 3.05) is 33.4 Å². The second-order valence-electron chi connectivity index (χ2n) is 4.94. The number of carbonyl (C=O) groups excluding carboxylic acids is 1. The van der Waals surface area contributed by atoms with Crippen LogP contribution < -0.4 is 16.2 Å². The number of benzene rings is 1. The Kier molecular flexibility index (Phi) is 6.59. The average Bonchev–Trinajstić information content (AvgIpc) is 2.59. The van der Waals surface area contributed by atoms with Crippen LogP contribution in [0.1, 0.15) is 10.5 Å². The van der Waals surface area contributed by atoms with Crippen LogP contribution in [0, 0.1) is 5.82 Å². The van der Waals surface area contributed by atoms with Crippen LogP contribution in [0.5, 0.6) is 0 Å². The summed E-state index contributed by atoms with van der Waals surface area (Å²) in [5, 5.41) is 9.83.